The van der Waals surface area contributed by atoms with Crippen LogP contribution < -0.4 is 0 Å². The van der Waals surface area contributed by atoms with Crippen LogP contribution in [0, 0.1) is 23.7 Å². The van der Waals surface area contributed by atoms with Crippen molar-refractivity contribution in [2.45, 2.75) is 111 Å². The summed E-state index contributed by atoms with van der Waals surface area (Å²) >= 11 is 0. The van der Waals surface area contributed by atoms with Crippen molar-refractivity contribution in [2.24, 2.45) is 23.7 Å². The summed E-state index contributed by atoms with van der Waals surface area (Å²) in [4.78, 5) is 0. The maximum atomic E-state index is 4.06. The van der Waals surface area contributed by atoms with Gasteiger partial charge in [-0.25, -0.2) is 0 Å². The number of allylic oxidation sites excluding steroid dienone is 2. The second kappa shape index (κ2) is 13.7. The van der Waals surface area contributed by atoms with Crippen LogP contribution >= 0.6 is 0 Å². The van der Waals surface area contributed by atoms with Crippen molar-refractivity contribution in [1.82, 2.24) is 0 Å². The minimum absolute atomic E-state index is 0.966. The summed E-state index contributed by atoms with van der Waals surface area (Å²) in [6.45, 7) is 14.2. The molecule has 0 aliphatic heterocycles. The molecule has 0 aromatic rings. The van der Waals surface area contributed by atoms with Crippen LogP contribution in [0.25, 0.3) is 0 Å². The highest BCUT2D eigenvalue weighted by atomic mass is 14.4. The van der Waals surface area contributed by atoms with Gasteiger partial charge in [-0.15, -0.1) is 0 Å². The van der Waals surface area contributed by atoms with Gasteiger partial charge in [0.2, 0.25) is 0 Å². The Morgan fingerprint density at radius 2 is 1.28 bits per heavy atom. The molecular weight excluding hydrogens is 300 g/mol. The van der Waals surface area contributed by atoms with E-state index >= 15 is 0 Å². The summed E-state index contributed by atoms with van der Waals surface area (Å²) in [5, 5.41) is 0. The first-order chi connectivity index (χ1) is 12.2. The predicted molar refractivity (Wildman–Crippen MR) is 115 cm³/mol. The molecule has 2 fully saturated rings. The minimum Gasteiger partial charge on any atom is -0.0988 e. The zero-order chi connectivity index (χ0) is 18.5. The standard InChI is InChI=1S/C23H40.C2H6/c1-4-6-7-8-20-11-15-22(16-12-20)23-17-13-21(14-18-23)10-9-19(3)5-2;1-2/h5,20-23H,2-4,6-18H2,1H3;1-2H3. The Labute approximate surface area is 159 Å². The fourth-order valence-electron chi connectivity index (χ4n) is 5.07. The van der Waals surface area contributed by atoms with E-state index in [1.165, 1.54) is 82.6 Å². The number of hydrogen-bond donors (Lipinski definition) is 0. The van der Waals surface area contributed by atoms with Gasteiger partial charge in [-0.2, -0.15) is 0 Å². The smallest absolute Gasteiger partial charge is 0.0282 e. The molecule has 0 saturated heterocycles. The fourth-order valence-corrected chi connectivity index (χ4v) is 5.07. The Morgan fingerprint density at radius 1 is 0.800 bits per heavy atom. The topological polar surface area (TPSA) is 0 Å². The molecule has 0 heterocycles. The lowest BCUT2D eigenvalue weighted by atomic mass is 9.68. The molecular formula is C25H46. The highest BCUT2D eigenvalue weighted by Gasteiger charge is 2.30. The minimum atomic E-state index is 0.966. The van der Waals surface area contributed by atoms with E-state index in [1.807, 2.05) is 19.9 Å². The first kappa shape index (κ1) is 22.5. The molecule has 0 amide bonds. The molecule has 0 unspecified atom stereocenters. The number of rotatable bonds is 9. The molecule has 0 radical (unpaired) electrons. The lowest BCUT2D eigenvalue weighted by Gasteiger charge is -2.38. The maximum Gasteiger partial charge on any atom is -0.0282 e. The molecule has 0 N–H and O–H groups in total. The van der Waals surface area contributed by atoms with E-state index in [1.54, 1.807) is 12.8 Å². The Bertz CT molecular complexity index is 337. The summed E-state index contributed by atoms with van der Waals surface area (Å²) in [5.41, 5.74) is 1.23. The van der Waals surface area contributed by atoms with Crippen molar-refractivity contribution < 1.29 is 0 Å². The molecule has 146 valence electrons. The SMILES string of the molecule is C=CC(=C)CCC1CCC(C2CCC(CCCCC)CC2)CC1.CC. The normalized spacial score (nSPS) is 29.4. The van der Waals surface area contributed by atoms with Crippen LogP contribution in [0.2, 0.25) is 0 Å². The average molecular weight is 347 g/mol. The fraction of sp³-hybridized carbons (Fsp3) is 0.840. The summed E-state index contributed by atoms with van der Waals surface area (Å²) < 4.78 is 0. The van der Waals surface area contributed by atoms with Gasteiger partial charge in [0.25, 0.3) is 0 Å². The summed E-state index contributed by atoms with van der Waals surface area (Å²) in [7, 11) is 0. The van der Waals surface area contributed by atoms with Crippen molar-refractivity contribution in [1.29, 1.82) is 0 Å². The van der Waals surface area contributed by atoms with Gasteiger partial charge in [0, 0.05) is 0 Å². The first-order valence-electron chi connectivity index (χ1n) is 11.5. The predicted octanol–water partition coefficient (Wildman–Crippen LogP) is 8.73. The Balaban J connectivity index is 0.00000151. The van der Waals surface area contributed by atoms with Gasteiger partial charge in [-0.1, -0.05) is 96.9 Å². The van der Waals surface area contributed by atoms with E-state index in [0.29, 0.717) is 0 Å². The van der Waals surface area contributed by atoms with Crippen LogP contribution in [-0.4, -0.2) is 0 Å². The van der Waals surface area contributed by atoms with E-state index in [9.17, 15) is 0 Å². The molecule has 2 rings (SSSR count). The van der Waals surface area contributed by atoms with E-state index in [-0.39, 0.29) is 0 Å². The second-order valence-electron chi connectivity index (χ2n) is 8.46. The lowest BCUT2D eigenvalue weighted by molar-refractivity contribution is 0.140. The maximum absolute atomic E-state index is 4.06. The van der Waals surface area contributed by atoms with E-state index in [2.05, 4.69) is 20.1 Å². The molecule has 0 heteroatoms. The zero-order valence-electron chi connectivity index (χ0n) is 17.7. The number of hydrogen-bond acceptors (Lipinski definition) is 0. The molecule has 0 aromatic carbocycles. The molecule has 2 aliphatic carbocycles. The van der Waals surface area contributed by atoms with Gasteiger partial charge in [0.1, 0.15) is 0 Å². The van der Waals surface area contributed by atoms with Crippen LogP contribution in [0.3, 0.4) is 0 Å². The van der Waals surface area contributed by atoms with Crippen LogP contribution in [-0.2, 0) is 0 Å². The van der Waals surface area contributed by atoms with E-state index in [0.717, 1.165) is 23.7 Å². The van der Waals surface area contributed by atoms with Crippen LogP contribution in [0.5, 0.6) is 0 Å². The summed E-state index contributed by atoms with van der Waals surface area (Å²) in [6, 6.07) is 0. The zero-order valence-corrected chi connectivity index (χ0v) is 17.7. The molecule has 2 aliphatic rings. The molecule has 25 heavy (non-hydrogen) atoms. The number of unbranched alkanes of at least 4 members (excludes halogenated alkanes) is 2. The van der Waals surface area contributed by atoms with Gasteiger partial charge < -0.3 is 0 Å². The van der Waals surface area contributed by atoms with Crippen molar-refractivity contribution in [3.63, 3.8) is 0 Å². The van der Waals surface area contributed by atoms with Crippen molar-refractivity contribution in [2.75, 3.05) is 0 Å². The van der Waals surface area contributed by atoms with Crippen molar-refractivity contribution >= 4 is 0 Å². The molecule has 0 spiro atoms. The highest BCUT2D eigenvalue weighted by Crippen LogP contribution is 2.43. The molecule has 0 aromatic heterocycles. The van der Waals surface area contributed by atoms with Crippen molar-refractivity contribution in [3.8, 4) is 0 Å². The molecule has 2 saturated carbocycles. The Morgan fingerprint density at radius 3 is 1.72 bits per heavy atom. The van der Waals surface area contributed by atoms with Crippen LogP contribution in [0.15, 0.2) is 24.8 Å². The third-order valence-electron chi connectivity index (χ3n) is 6.83. The van der Waals surface area contributed by atoms with Gasteiger partial charge in [-0.05, 0) is 62.2 Å². The monoisotopic (exact) mass is 346 g/mol. The Kier molecular flexibility index (Phi) is 12.3. The third-order valence-corrected chi connectivity index (χ3v) is 6.83. The lowest BCUT2D eigenvalue weighted by Crippen LogP contribution is -2.26. The molecule has 0 atom stereocenters. The Hall–Kier alpha value is -0.520. The third kappa shape index (κ3) is 8.61. The van der Waals surface area contributed by atoms with E-state index < -0.39 is 0 Å². The van der Waals surface area contributed by atoms with Crippen LogP contribution in [0.1, 0.15) is 111 Å². The van der Waals surface area contributed by atoms with Gasteiger partial charge in [0.15, 0.2) is 0 Å². The largest absolute Gasteiger partial charge is 0.0988 e. The molecule has 0 bridgehead atoms. The van der Waals surface area contributed by atoms with Crippen molar-refractivity contribution in [3.05, 3.63) is 24.8 Å². The highest BCUT2D eigenvalue weighted by molar-refractivity contribution is 5.10. The summed E-state index contributed by atoms with van der Waals surface area (Å²) in [5.74, 6) is 4.17. The van der Waals surface area contributed by atoms with Crippen LogP contribution in [0.4, 0.5) is 0 Å². The first-order valence-corrected chi connectivity index (χ1v) is 11.5. The van der Waals surface area contributed by atoms with E-state index in [4.69, 9.17) is 0 Å². The second-order valence-corrected chi connectivity index (χ2v) is 8.46. The van der Waals surface area contributed by atoms with Gasteiger partial charge in [0.05, 0.1) is 0 Å². The average Bonchev–Trinajstić information content (AvgIpc) is 2.69. The van der Waals surface area contributed by atoms with Gasteiger partial charge in [-0.3, -0.25) is 0 Å². The quantitative estimate of drug-likeness (QED) is 0.289. The summed E-state index contributed by atoms with van der Waals surface area (Å²) in [6.07, 6.45) is 22.4. The molecule has 0 nitrogen and oxygen atoms in total. The van der Waals surface area contributed by atoms with Gasteiger partial charge >= 0.3 is 0 Å².